The fourth-order valence-electron chi connectivity index (χ4n) is 2.99. The number of nitrogens with one attached hydrogen (secondary N) is 1. The third-order valence-electron chi connectivity index (χ3n) is 4.21. The Balaban J connectivity index is 1.56. The molecule has 0 amide bonds. The molecule has 0 bridgehead atoms. The predicted molar refractivity (Wildman–Crippen MR) is 75.7 cm³/mol. The van der Waals surface area contributed by atoms with E-state index in [1.165, 1.54) is 43.5 Å². The maximum Gasteiger partial charge on any atom is 0.0237 e. The molecule has 1 N–H and O–H groups in total. The molecule has 0 radical (unpaired) electrons. The maximum atomic E-state index is 3.76. The molecule has 2 nitrogen and oxygen atoms in total. The minimum Gasteiger partial charge on any atom is -0.310 e. The van der Waals surface area contributed by atoms with E-state index in [-0.39, 0.29) is 0 Å². The zero-order valence-corrected chi connectivity index (χ0v) is 11.4. The molecule has 2 aliphatic rings. The predicted octanol–water partition coefficient (Wildman–Crippen LogP) is 2.58. The topological polar surface area (TPSA) is 15.3 Å². The molecule has 1 saturated carbocycles. The summed E-state index contributed by atoms with van der Waals surface area (Å²) in [6, 6.07) is 10.5. The summed E-state index contributed by atoms with van der Waals surface area (Å²) in [4.78, 5) is 2.61. The van der Waals surface area contributed by atoms with Gasteiger partial charge in [-0.25, -0.2) is 0 Å². The average molecular weight is 244 g/mol. The van der Waals surface area contributed by atoms with Crippen molar-refractivity contribution in [1.29, 1.82) is 0 Å². The van der Waals surface area contributed by atoms with Crippen molar-refractivity contribution in [3.05, 3.63) is 35.4 Å². The Morgan fingerprint density at radius 2 is 1.89 bits per heavy atom. The van der Waals surface area contributed by atoms with E-state index in [4.69, 9.17) is 0 Å². The monoisotopic (exact) mass is 244 g/mol. The van der Waals surface area contributed by atoms with E-state index >= 15 is 0 Å². The molecule has 0 spiro atoms. The summed E-state index contributed by atoms with van der Waals surface area (Å²) in [5.41, 5.74) is 3.03. The molecule has 2 fully saturated rings. The minimum absolute atomic E-state index is 0.742. The second-order valence-electron chi connectivity index (χ2n) is 5.78. The van der Waals surface area contributed by atoms with Gasteiger partial charge in [-0.1, -0.05) is 31.2 Å². The third kappa shape index (κ3) is 2.93. The van der Waals surface area contributed by atoms with Gasteiger partial charge in [0.15, 0.2) is 0 Å². The summed E-state index contributed by atoms with van der Waals surface area (Å²) in [6.45, 7) is 5.87. The van der Waals surface area contributed by atoms with Crippen molar-refractivity contribution >= 4 is 0 Å². The number of hydrogen-bond acceptors (Lipinski definition) is 2. The molecule has 98 valence electrons. The van der Waals surface area contributed by atoms with Crippen molar-refractivity contribution in [2.75, 3.05) is 13.1 Å². The van der Waals surface area contributed by atoms with Crippen molar-refractivity contribution in [1.82, 2.24) is 10.2 Å². The lowest BCUT2D eigenvalue weighted by atomic mass is 10.1. The zero-order valence-electron chi connectivity index (χ0n) is 11.4. The normalized spacial score (nSPS) is 24.6. The molecular weight excluding hydrogens is 220 g/mol. The lowest BCUT2D eigenvalue weighted by molar-refractivity contribution is 0.319. The van der Waals surface area contributed by atoms with Crippen LogP contribution in [-0.4, -0.2) is 30.1 Å². The summed E-state index contributed by atoms with van der Waals surface area (Å²) in [6.07, 6.45) is 5.27. The highest BCUT2D eigenvalue weighted by Crippen LogP contribution is 2.23. The Morgan fingerprint density at radius 3 is 2.61 bits per heavy atom. The number of benzene rings is 1. The Kier molecular flexibility index (Phi) is 3.67. The lowest BCUT2D eigenvalue weighted by Crippen LogP contribution is -2.33. The van der Waals surface area contributed by atoms with Crippen molar-refractivity contribution in [2.45, 2.75) is 51.2 Å². The number of aryl methyl sites for hydroxylation is 1. The molecule has 1 heterocycles. The van der Waals surface area contributed by atoms with Crippen LogP contribution in [0.15, 0.2) is 24.3 Å². The fourth-order valence-corrected chi connectivity index (χ4v) is 2.99. The second-order valence-corrected chi connectivity index (χ2v) is 5.78. The number of rotatable bonds is 5. The van der Waals surface area contributed by atoms with Gasteiger partial charge in [0.25, 0.3) is 0 Å². The summed E-state index contributed by atoms with van der Waals surface area (Å²) < 4.78 is 0. The quantitative estimate of drug-likeness (QED) is 0.856. The first-order chi connectivity index (χ1) is 8.85. The van der Waals surface area contributed by atoms with E-state index < -0.39 is 0 Å². The summed E-state index contributed by atoms with van der Waals surface area (Å²) in [7, 11) is 0. The number of likely N-dealkylation sites (tertiary alicyclic amines) is 1. The summed E-state index contributed by atoms with van der Waals surface area (Å²) in [5.74, 6) is 0. The molecular formula is C16H24N2. The van der Waals surface area contributed by atoms with Crippen molar-refractivity contribution in [3.8, 4) is 0 Å². The van der Waals surface area contributed by atoms with E-state index in [9.17, 15) is 0 Å². The van der Waals surface area contributed by atoms with Crippen molar-refractivity contribution in [3.63, 3.8) is 0 Å². The van der Waals surface area contributed by atoms with Gasteiger partial charge in [0.1, 0.15) is 0 Å². The van der Waals surface area contributed by atoms with E-state index in [0.717, 1.165) is 25.0 Å². The molecule has 1 aliphatic heterocycles. The van der Waals surface area contributed by atoms with Crippen LogP contribution in [0.3, 0.4) is 0 Å². The zero-order chi connectivity index (χ0) is 12.4. The third-order valence-corrected chi connectivity index (χ3v) is 4.21. The van der Waals surface area contributed by atoms with Gasteiger partial charge in [-0.15, -0.1) is 0 Å². The van der Waals surface area contributed by atoms with Gasteiger partial charge >= 0.3 is 0 Å². The van der Waals surface area contributed by atoms with Gasteiger partial charge in [0.05, 0.1) is 0 Å². The Labute approximate surface area is 110 Å². The van der Waals surface area contributed by atoms with Gasteiger partial charge < -0.3 is 5.32 Å². The Morgan fingerprint density at radius 1 is 1.11 bits per heavy atom. The minimum atomic E-state index is 0.742. The van der Waals surface area contributed by atoms with Crippen LogP contribution in [-0.2, 0) is 13.0 Å². The van der Waals surface area contributed by atoms with Crippen LogP contribution in [0.1, 0.15) is 37.3 Å². The average Bonchev–Trinajstić information content (AvgIpc) is 3.10. The van der Waals surface area contributed by atoms with Crippen LogP contribution in [0.2, 0.25) is 0 Å². The van der Waals surface area contributed by atoms with E-state index in [0.29, 0.717) is 0 Å². The first-order valence-electron chi connectivity index (χ1n) is 7.40. The second kappa shape index (κ2) is 5.41. The van der Waals surface area contributed by atoms with Crippen LogP contribution in [0.25, 0.3) is 0 Å². The Bertz CT molecular complexity index is 398. The summed E-state index contributed by atoms with van der Waals surface area (Å²) in [5, 5.41) is 3.76. The summed E-state index contributed by atoms with van der Waals surface area (Å²) >= 11 is 0. The first kappa shape index (κ1) is 12.2. The molecule has 0 aromatic heterocycles. The van der Waals surface area contributed by atoms with Crippen LogP contribution >= 0.6 is 0 Å². The molecule has 2 heteroatoms. The van der Waals surface area contributed by atoms with Crippen LogP contribution < -0.4 is 5.32 Å². The van der Waals surface area contributed by atoms with Crippen LogP contribution in [0.4, 0.5) is 0 Å². The van der Waals surface area contributed by atoms with Gasteiger partial charge in [0.2, 0.25) is 0 Å². The van der Waals surface area contributed by atoms with Crippen LogP contribution in [0.5, 0.6) is 0 Å². The molecule has 1 saturated heterocycles. The highest BCUT2D eigenvalue weighted by Gasteiger charge is 2.29. The number of hydrogen-bond donors (Lipinski definition) is 1. The van der Waals surface area contributed by atoms with E-state index in [2.05, 4.69) is 41.4 Å². The smallest absolute Gasteiger partial charge is 0.0237 e. The fraction of sp³-hybridized carbons (Fsp3) is 0.625. The molecule has 3 rings (SSSR count). The van der Waals surface area contributed by atoms with Gasteiger partial charge in [-0.05, 0) is 36.8 Å². The first-order valence-corrected chi connectivity index (χ1v) is 7.40. The molecule has 1 aromatic rings. The van der Waals surface area contributed by atoms with Gasteiger partial charge in [0, 0.05) is 31.7 Å². The molecule has 1 unspecified atom stereocenters. The van der Waals surface area contributed by atoms with E-state index in [1.54, 1.807) is 0 Å². The number of nitrogens with zero attached hydrogens (tertiary/aromatic N) is 1. The van der Waals surface area contributed by atoms with Crippen molar-refractivity contribution < 1.29 is 0 Å². The molecule has 1 atom stereocenters. The molecule has 1 aliphatic carbocycles. The lowest BCUT2D eigenvalue weighted by Gasteiger charge is -2.18. The van der Waals surface area contributed by atoms with Crippen molar-refractivity contribution in [2.24, 2.45) is 0 Å². The Hall–Kier alpha value is -0.860. The van der Waals surface area contributed by atoms with Gasteiger partial charge in [-0.2, -0.15) is 0 Å². The SMILES string of the molecule is CCc1ccccc1CN1CCC(NC2CC2)C1. The van der Waals surface area contributed by atoms with Crippen LogP contribution in [0, 0.1) is 0 Å². The maximum absolute atomic E-state index is 3.76. The standard InChI is InChI=1S/C16H24N2/c1-2-13-5-3-4-6-14(13)11-18-10-9-16(12-18)17-15-7-8-15/h3-6,15-17H,2,7-12H2,1H3. The van der Waals surface area contributed by atoms with E-state index in [1.807, 2.05) is 0 Å². The van der Waals surface area contributed by atoms with Gasteiger partial charge in [-0.3, -0.25) is 4.90 Å². The molecule has 18 heavy (non-hydrogen) atoms. The highest BCUT2D eigenvalue weighted by atomic mass is 15.2. The largest absolute Gasteiger partial charge is 0.310 e. The molecule has 1 aromatic carbocycles. The highest BCUT2D eigenvalue weighted by molar-refractivity contribution is 5.27.